The molecular weight excluding hydrogens is 576 g/mol. The quantitative estimate of drug-likeness (QED) is 0.103. The van der Waals surface area contributed by atoms with Crippen LogP contribution in [0.1, 0.15) is 30.5 Å². The minimum atomic E-state index is -4.22. The van der Waals surface area contributed by atoms with Gasteiger partial charge in [-0.05, 0) is 41.2 Å². The molecule has 0 fully saturated rings. The van der Waals surface area contributed by atoms with E-state index < -0.39 is 32.8 Å². The van der Waals surface area contributed by atoms with Gasteiger partial charge in [0.15, 0.2) is 0 Å². The van der Waals surface area contributed by atoms with Crippen LogP contribution in [0.5, 0.6) is 0 Å². The lowest BCUT2D eigenvalue weighted by Crippen LogP contribution is -2.50. The summed E-state index contributed by atoms with van der Waals surface area (Å²) in [5.41, 5.74) is 8.29. The molecule has 0 aliphatic carbocycles. The zero-order valence-corrected chi connectivity index (χ0v) is 25.9. The fourth-order valence-corrected chi connectivity index (χ4v) is 6.93. The summed E-state index contributed by atoms with van der Waals surface area (Å²) in [5.74, 6) is -0.0712. The van der Waals surface area contributed by atoms with Crippen molar-refractivity contribution in [1.29, 1.82) is 0 Å². The van der Waals surface area contributed by atoms with Crippen molar-refractivity contribution in [1.82, 2.24) is 9.21 Å². The van der Waals surface area contributed by atoms with Crippen LogP contribution in [-0.2, 0) is 29.5 Å². The van der Waals surface area contributed by atoms with Gasteiger partial charge in [0.2, 0.25) is 10.0 Å². The average Bonchev–Trinajstić information content (AvgIpc) is 3.00. The number of sulfonamides is 1. The van der Waals surface area contributed by atoms with Crippen molar-refractivity contribution < 1.29 is 18.4 Å². The molecule has 0 saturated heterocycles. The number of benzene rings is 4. The van der Waals surface area contributed by atoms with Crippen LogP contribution < -0.4 is 5.73 Å². The summed E-state index contributed by atoms with van der Waals surface area (Å²) in [6.45, 7) is 4.76. The van der Waals surface area contributed by atoms with Gasteiger partial charge in [0.1, 0.15) is 5.69 Å². The lowest BCUT2D eigenvalue weighted by molar-refractivity contribution is -0.384. The molecule has 0 saturated carbocycles. The van der Waals surface area contributed by atoms with E-state index in [1.807, 2.05) is 105 Å². The van der Waals surface area contributed by atoms with Crippen molar-refractivity contribution in [3.8, 4) is 0 Å². The summed E-state index contributed by atoms with van der Waals surface area (Å²) >= 11 is 0. The van der Waals surface area contributed by atoms with E-state index in [-0.39, 0.29) is 29.6 Å². The second-order valence-electron chi connectivity index (χ2n) is 11.4. The maximum atomic E-state index is 14.0. The number of hydrogen-bond donors (Lipinski definition) is 2. The van der Waals surface area contributed by atoms with Gasteiger partial charge >= 0.3 is 0 Å². The molecule has 2 atom stereocenters. The van der Waals surface area contributed by atoms with Gasteiger partial charge in [-0.15, -0.1) is 0 Å². The molecule has 0 bridgehead atoms. The standard InChI is InChI=1S/C34H40N4O5S/c1-26(2)22-37(44(42,43)30-18-19-31(35)32(21-30)38(40)41)25-34(39)33(20-27-12-6-3-7-13-27)36(23-28-14-8-4-9-15-28)24-29-16-10-5-11-17-29/h3-19,21,26,33-34,39H,20,22-25,35H2,1-2H3. The molecule has 0 aliphatic rings. The third-order valence-electron chi connectivity index (χ3n) is 7.45. The van der Waals surface area contributed by atoms with Crippen LogP contribution in [0, 0.1) is 16.0 Å². The van der Waals surface area contributed by atoms with Gasteiger partial charge < -0.3 is 10.8 Å². The fraction of sp³-hybridized carbons (Fsp3) is 0.294. The number of nitro groups is 1. The average molecular weight is 617 g/mol. The minimum Gasteiger partial charge on any atom is -0.393 e. The summed E-state index contributed by atoms with van der Waals surface area (Å²) in [5, 5.41) is 23.5. The van der Waals surface area contributed by atoms with Crippen LogP contribution in [0.3, 0.4) is 0 Å². The zero-order valence-electron chi connectivity index (χ0n) is 25.1. The second kappa shape index (κ2) is 15.1. The Kier molecular flexibility index (Phi) is 11.2. The number of aliphatic hydroxyl groups excluding tert-OH is 1. The molecule has 0 heterocycles. The number of rotatable bonds is 15. The number of hydrogen-bond acceptors (Lipinski definition) is 7. The molecule has 3 N–H and O–H groups in total. The summed E-state index contributed by atoms with van der Waals surface area (Å²) in [6.07, 6.45) is -0.621. The van der Waals surface area contributed by atoms with E-state index >= 15 is 0 Å². The van der Waals surface area contributed by atoms with Crippen LogP contribution in [0.25, 0.3) is 0 Å². The molecule has 4 aromatic rings. The summed E-state index contributed by atoms with van der Waals surface area (Å²) in [4.78, 5) is 12.8. The highest BCUT2D eigenvalue weighted by molar-refractivity contribution is 7.89. The molecule has 44 heavy (non-hydrogen) atoms. The molecule has 4 aromatic carbocycles. The maximum absolute atomic E-state index is 14.0. The first-order valence-electron chi connectivity index (χ1n) is 14.6. The molecule has 0 radical (unpaired) electrons. The van der Waals surface area contributed by atoms with E-state index in [1.165, 1.54) is 16.4 Å². The van der Waals surface area contributed by atoms with E-state index in [0.29, 0.717) is 19.5 Å². The third kappa shape index (κ3) is 8.73. The molecule has 0 aromatic heterocycles. The highest BCUT2D eigenvalue weighted by Crippen LogP contribution is 2.28. The van der Waals surface area contributed by atoms with Gasteiger partial charge in [0.25, 0.3) is 5.69 Å². The Morgan fingerprint density at radius 2 is 1.30 bits per heavy atom. The Labute approximate surface area is 259 Å². The zero-order chi connectivity index (χ0) is 31.7. The van der Waals surface area contributed by atoms with Crippen LogP contribution in [0.15, 0.2) is 114 Å². The summed E-state index contributed by atoms with van der Waals surface area (Å²) in [6, 6.07) is 32.8. The van der Waals surface area contributed by atoms with Gasteiger partial charge in [0, 0.05) is 38.3 Å². The monoisotopic (exact) mass is 616 g/mol. The van der Waals surface area contributed by atoms with E-state index in [0.717, 1.165) is 22.8 Å². The van der Waals surface area contributed by atoms with E-state index in [1.54, 1.807) is 0 Å². The van der Waals surface area contributed by atoms with Crippen LogP contribution >= 0.6 is 0 Å². The molecule has 232 valence electrons. The molecule has 10 heteroatoms. The highest BCUT2D eigenvalue weighted by Gasteiger charge is 2.34. The third-order valence-corrected chi connectivity index (χ3v) is 9.28. The number of nitro benzene ring substituents is 1. The van der Waals surface area contributed by atoms with E-state index in [2.05, 4.69) is 4.90 Å². The molecule has 9 nitrogen and oxygen atoms in total. The number of nitrogens with two attached hydrogens (primary N) is 1. The lowest BCUT2D eigenvalue weighted by atomic mass is 9.97. The molecule has 0 amide bonds. The maximum Gasteiger partial charge on any atom is 0.293 e. The Morgan fingerprint density at radius 1 is 0.795 bits per heavy atom. The van der Waals surface area contributed by atoms with Crippen LogP contribution in [-0.4, -0.2) is 52.9 Å². The highest BCUT2D eigenvalue weighted by atomic mass is 32.2. The summed E-state index contributed by atoms with van der Waals surface area (Å²) < 4.78 is 29.2. The van der Waals surface area contributed by atoms with Crippen molar-refractivity contribution in [2.75, 3.05) is 18.8 Å². The number of nitrogen functional groups attached to an aromatic ring is 1. The molecule has 0 spiro atoms. The van der Waals surface area contributed by atoms with Crippen LogP contribution in [0.2, 0.25) is 0 Å². The fourth-order valence-electron chi connectivity index (χ4n) is 5.29. The Bertz CT molecular complexity index is 1560. The Balaban J connectivity index is 1.73. The van der Waals surface area contributed by atoms with Crippen molar-refractivity contribution in [3.05, 3.63) is 136 Å². The smallest absolute Gasteiger partial charge is 0.293 e. The molecule has 2 unspecified atom stereocenters. The normalized spacial score (nSPS) is 13.3. The van der Waals surface area contributed by atoms with Crippen molar-refractivity contribution >= 4 is 21.4 Å². The predicted octanol–water partition coefficient (Wildman–Crippen LogP) is 5.50. The van der Waals surface area contributed by atoms with Gasteiger partial charge in [-0.3, -0.25) is 15.0 Å². The minimum absolute atomic E-state index is 0.0712. The van der Waals surface area contributed by atoms with Gasteiger partial charge in [-0.2, -0.15) is 4.31 Å². The Morgan fingerprint density at radius 3 is 1.77 bits per heavy atom. The molecule has 0 aliphatic heterocycles. The van der Waals surface area contributed by atoms with Gasteiger partial charge in [-0.25, -0.2) is 8.42 Å². The topological polar surface area (TPSA) is 130 Å². The number of aliphatic hydroxyl groups is 1. The van der Waals surface area contributed by atoms with E-state index in [4.69, 9.17) is 5.73 Å². The lowest BCUT2D eigenvalue weighted by Gasteiger charge is -2.37. The summed E-state index contributed by atoms with van der Waals surface area (Å²) in [7, 11) is -4.22. The van der Waals surface area contributed by atoms with Gasteiger partial charge in [0.05, 0.1) is 15.9 Å². The van der Waals surface area contributed by atoms with Crippen molar-refractivity contribution in [2.45, 2.75) is 50.4 Å². The molecular formula is C34H40N4O5S. The SMILES string of the molecule is CC(C)CN(CC(O)C(Cc1ccccc1)N(Cc1ccccc1)Cc1ccccc1)S(=O)(=O)c1ccc(N)c([N+](=O)[O-])c1. The first-order chi connectivity index (χ1) is 21.0. The number of nitrogens with zero attached hydrogens (tertiary/aromatic N) is 3. The van der Waals surface area contributed by atoms with Crippen molar-refractivity contribution in [3.63, 3.8) is 0 Å². The van der Waals surface area contributed by atoms with Gasteiger partial charge in [-0.1, -0.05) is 105 Å². The number of anilines is 1. The predicted molar refractivity (Wildman–Crippen MR) is 173 cm³/mol. The van der Waals surface area contributed by atoms with E-state index in [9.17, 15) is 23.6 Å². The second-order valence-corrected chi connectivity index (χ2v) is 13.3. The van der Waals surface area contributed by atoms with Crippen molar-refractivity contribution in [2.24, 2.45) is 5.92 Å². The molecule has 4 rings (SSSR count). The first-order valence-corrected chi connectivity index (χ1v) is 16.1. The largest absolute Gasteiger partial charge is 0.393 e. The first kappa shape index (κ1) is 32.8. The Hall–Kier alpha value is -4.09. The van der Waals surface area contributed by atoms with Crippen LogP contribution in [0.4, 0.5) is 11.4 Å².